The summed E-state index contributed by atoms with van der Waals surface area (Å²) in [7, 11) is 5.36. The molecule has 0 aliphatic heterocycles. The van der Waals surface area contributed by atoms with Crippen LogP contribution in [0.2, 0.25) is 0 Å². The molecule has 2 aromatic carbocycles. The molecule has 0 fully saturated rings. The lowest BCUT2D eigenvalue weighted by molar-refractivity contribution is -0.120. The van der Waals surface area contributed by atoms with E-state index in [-0.39, 0.29) is 18.4 Å². The van der Waals surface area contributed by atoms with Crippen LogP contribution in [0.1, 0.15) is 49.7 Å². The van der Waals surface area contributed by atoms with Crippen molar-refractivity contribution in [2.45, 2.75) is 39.3 Å². The molecular weight excluding hydrogens is 432 g/mol. The van der Waals surface area contributed by atoms with Gasteiger partial charge in [0.15, 0.2) is 0 Å². The molecule has 2 N–H and O–H groups in total. The summed E-state index contributed by atoms with van der Waals surface area (Å²) in [6.45, 7) is 7.96. The number of esters is 1. The van der Waals surface area contributed by atoms with E-state index in [9.17, 15) is 14.4 Å². The van der Waals surface area contributed by atoms with Gasteiger partial charge < -0.3 is 25.2 Å². The Bertz CT molecular complexity index is 1010. The van der Waals surface area contributed by atoms with E-state index in [4.69, 9.17) is 10.5 Å². The third-order valence-electron chi connectivity index (χ3n) is 5.10. The van der Waals surface area contributed by atoms with Crippen molar-refractivity contribution in [1.82, 2.24) is 4.90 Å². The van der Waals surface area contributed by atoms with E-state index in [2.05, 4.69) is 0 Å². The van der Waals surface area contributed by atoms with Crippen molar-refractivity contribution in [2.24, 2.45) is 5.73 Å². The molecule has 34 heavy (non-hydrogen) atoms. The molecule has 0 aromatic heterocycles. The zero-order valence-electron chi connectivity index (χ0n) is 21.2. The van der Waals surface area contributed by atoms with Gasteiger partial charge in [0, 0.05) is 25.0 Å². The van der Waals surface area contributed by atoms with Crippen LogP contribution in [0.4, 0.5) is 11.4 Å². The first kappa shape index (κ1) is 27.0. The number of benzene rings is 2. The minimum absolute atomic E-state index is 0.0673. The maximum absolute atomic E-state index is 13.3. The van der Waals surface area contributed by atoms with Gasteiger partial charge in [-0.05, 0) is 83.8 Å². The summed E-state index contributed by atoms with van der Waals surface area (Å²) in [6, 6.07) is 12.9. The zero-order valence-corrected chi connectivity index (χ0v) is 21.2. The molecule has 0 saturated carbocycles. The Hall–Kier alpha value is -3.23. The van der Waals surface area contributed by atoms with Gasteiger partial charge in [0.1, 0.15) is 11.6 Å². The first-order valence-electron chi connectivity index (χ1n) is 11.3. The summed E-state index contributed by atoms with van der Waals surface area (Å²) in [5.74, 6) is -0.774. The van der Waals surface area contributed by atoms with Crippen molar-refractivity contribution in [1.29, 1.82) is 0 Å². The highest BCUT2D eigenvalue weighted by Crippen LogP contribution is 2.24. The average Bonchev–Trinajstić information content (AvgIpc) is 2.77. The molecule has 0 aliphatic rings. The van der Waals surface area contributed by atoms with Crippen LogP contribution >= 0.6 is 0 Å². The second kappa shape index (κ2) is 11.3. The number of carbonyl (C=O) groups excluding carboxylic acids is 3. The van der Waals surface area contributed by atoms with E-state index in [0.717, 1.165) is 0 Å². The second-order valence-corrected chi connectivity index (χ2v) is 9.39. The minimum atomic E-state index is -0.914. The Balaban J connectivity index is 2.20. The largest absolute Gasteiger partial charge is 0.456 e. The monoisotopic (exact) mass is 468 g/mol. The van der Waals surface area contributed by atoms with Crippen LogP contribution in [0.5, 0.6) is 0 Å². The molecule has 0 spiro atoms. The topological polar surface area (TPSA) is 96.2 Å². The second-order valence-electron chi connectivity index (χ2n) is 9.39. The number of anilines is 2. The first-order valence-corrected chi connectivity index (χ1v) is 11.3. The predicted molar refractivity (Wildman–Crippen MR) is 135 cm³/mol. The molecule has 0 bridgehead atoms. The van der Waals surface area contributed by atoms with Gasteiger partial charge in [0.2, 0.25) is 11.8 Å². The summed E-state index contributed by atoms with van der Waals surface area (Å²) in [4.78, 5) is 42.9. The summed E-state index contributed by atoms with van der Waals surface area (Å²) >= 11 is 0. The smallest absolute Gasteiger partial charge is 0.338 e. The van der Waals surface area contributed by atoms with Crippen molar-refractivity contribution in [3.8, 4) is 0 Å². The van der Waals surface area contributed by atoms with Crippen molar-refractivity contribution < 1.29 is 19.1 Å². The van der Waals surface area contributed by atoms with Gasteiger partial charge in [-0.15, -0.1) is 0 Å². The Labute approximate surface area is 202 Å². The number of carbonyl (C=O) groups is 3. The number of hydrogen-bond acceptors (Lipinski definition) is 6. The van der Waals surface area contributed by atoms with Crippen molar-refractivity contribution in [2.75, 3.05) is 44.0 Å². The molecule has 8 heteroatoms. The number of hydrogen-bond donors (Lipinski definition) is 1. The number of amides is 2. The average molecular weight is 469 g/mol. The normalized spacial score (nSPS) is 12.3. The molecule has 1 atom stereocenters. The fraction of sp³-hybridized carbons (Fsp3) is 0.423. The van der Waals surface area contributed by atoms with E-state index in [1.807, 2.05) is 41.8 Å². The molecule has 0 unspecified atom stereocenters. The Morgan fingerprint density at radius 3 is 2.12 bits per heavy atom. The van der Waals surface area contributed by atoms with Crippen LogP contribution < -0.4 is 15.5 Å². The van der Waals surface area contributed by atoms with E-state index < -0.39 is 17.6 Å². The fourth-order valence-electron chi connectivity index (χ4n) is 3.34. The molecule has 0 radical (unpaired) electrons. The van der Waals surface area contributed by atoms with Crippen LogP contribution in [0, 0.1) is 0 Å². The van der Waals surface area contributed by atoms with Gasteiger partial charge in [0.25, 0.3) is 0 Å². The van der Waals surface area contributed by atoms with E-state index in [0.29, 0.717) is 29.0 Å². The highest BCUT2D eigenvalue weighted by molar-refractivity contribution is 5.99. The van der Waals surface area contributed by atoms with Crippen molar-refractivity contribution in [3.05, 3.63) is 59.7 Å². The lowest BCUT2D eigenvalue weighted by Crippen LogP contribution is -2.39. The number of nitrogens with zero attached hydrogens (tertiary/aromatic N) is 3. The molecular formula is C26H36N4O4. The molecule has 2 rings (SSSR count). The Morgan fingerprint density at radius 1 is 0.971 bits per heavy atom. The third-order valence-corrected chi connectivity index (χ3v) is 5.10. The molecule has 0 aliphatic carbocycles. The van der Waals surface area contributed by atoms with E-state index >= 15 is 0 Å². The van der Waals surface area contributed by atoms with Crippen LogP contribution in [0.25, 0.3) is 0 Å². The number of rotatable bonds is 8. The van der Waals surface area contributed by atoms with Gasteiger partial charge in [-0.1, -0.05) is 12.1 Å². The van der Waals surface area contributed by atoms with E-state index in [1.165, 1.54) is 0 Å². The lowest BCUT2D eigenvalue weighted by Gasteiger charge is -2.26. The quantitative estimate of drug-likeness (QED) is 0.598. The van der Waals surface area contributed by atoms with Crippen LogP contribution in [0.3, 0.4) is 0 Å². The fourth-order valence-corrected chi connectivity index (χ4v) is 3.34. The van der Waals surface area contributed by atoms with E-state index in [1.54, 1.807) is 70.3 Å². The number of ether oxygens (including phenoxy) is 1. The lowest BCUT2D eigenvalue weighted by atomic mass is 10.0. The maximum Gasteiger partial charge on any atom is 0.338 e. The van der Waals surface area contributed by atoms with Crippen molar-refractivity contribution in [3.63, 3.8) is 0 Å². The predicted octanol–water partition coefficient (Wildman–Crippen LogP) is 3.22. The number of likely N-dealkylation sites (N-methyl/N-ethyl adjacent to an activating group) is 3. The highest BCUT2D eigenvalue weighted by Gasteiger charge is 2.24. The molecule has 2 amide bonds. The first-order chi connectivity index (χ1) is 15.8. The Kier molecular flexibility index (Phi) is 8.95. The molecule has 2 aromatic rings. The van der Waals surface area contributed by atoms with Crippen LogP contribution in [0.15, 0.2) is 48.5 Å². The zero-order chi connectivity index (χ0) is 25.6. The van der Waals surface area contributed by atoms with Gasteiger partial charge >= 0.3 is 5.97 Å². The maximum atomic E-state index is 13.3. The Morgan fingerprint density at radius 2 is 1.59 bits per heavy atom. The standard InChI is InChI=1S/C26H36N4O4/c1-8-30(20-14-12-18(13-15-20)25(33)34-26(2,3)4)24(32)23(27)19-10-9-11-21(16-19)29(7)22(31)17-28(5)6/h9-16,23H,8,17,27H2,1-7H3/t23-/m0/s1. The van der Waals surface area contributed by atoms with Gasteiger partial charge in [0.05, 0.1) is 12.1 Å². The summed E-state index contributed by atoms with van der Waals surface area (Å²) in [5.41, 5.74) is 8.07. The van der Waals surface area contributed by atoms with Crippen molar-refractivity contribution >= 4 is 29.2 Å². The minimum Gasteiger partial charge on any atom is -0.456 e. The van der Waals surface area contributed by atoms with Crippen LogP contribution in [-0.2, 0) is 14.3 Å². The number of nitrogens with two attached hydrogens (primary N) is 1. The summed E-state index contributed by atoms with van der Waals surface area (Å²) < 4.78 is 5.39. The summed E-state index contributed by atoms with van der Waals surface area (Å²) in [6.07, 6.45) is 0. The molecule has 184 valence electrons. The molecule has 0 saturated heterocycles. The van der Waals surface area contributed by atoms with Gasteiger partial charge in [-0.2, -0.15) is 0 Å². The third kappa shape index (κ3) is 7.13. The van der Waals surface area contributed by atoms with Crippen LogP contribution in [-0.4, -0.2) is 62.5 Å². The van der Waals surface area contributed by atoms with Gasteiger partial charge in [-0.25, -0.2) is 4.79 Å². The van der Waals surface area contributed by atoms with Gasteiger partial charge in [-0.3, -0.25) is 9.59 Å². The molecule has 8 nitrogen and oxygen atoms in total. The molecule has 0 heterocycles. The highest BCUT2D eigenvalue weighted by atomic mass is 16.6. The SMILES string of the molecule is CCN(C(=O)[C@@H](N)c1cccc(N(C)C(=O)CN(C)C)c1)c1ccc(C(=O)OC(C)(C)C)cc1. The summed E-state index contributed by atoms with van der Waals surface area (Å²) in [5, 5.41) is 0.